The molecule has 0 amide bonds. The fourth-order valence-corrected chi connectivity index (χ4v) is 2.82. The summed E-state index contributed by atoms with van der Waals surface area (Å²) in [5.74, 6) is 1.04. The maximum Gasteiger partial charge on any atom is 0.220 e. The van der Waals surface area contributed by atoms with Gasteiger partial charge in [0.2, 0.25) is 11.8 Å². The van der Waals surface area contributed by atoms with Crippen molar-refractivity contribution < 1.29 is 10.2 Å². The fourth-order valence-electron chi connectivity index (χ4n) is 2.82. The molecule has 3 rings (SSSR count). The second-order valence-corrected chi connectivity index (χ2v) is 6.62. The first-order valence-corrected chi connectivity index (χ1v) is 8.33. The molecule has 0 radical (unpaired) electrons. The van der Waals surface area contributed by atoms with E-state index >= 15 is 0 Å². The minimum absolute atomic E-state index is 0.0111. The van der Waals surface area contributed by atoms with Crippen LogP contribution in [0.5, 0.6) is 5.88 Å². The average Bonchev–Trinajstić information content (AvgIpc) is 3.14. The van der Waals surface area contributed by atoms with E-state index in [4.69, 9.17) is 0 Å². The number of aromatic nitrogens is 2. The number of aromatic hydroxyl groups is 1. The van der Waals surface area contributed by atoms with Crippen LogP contribution >= 0.6 is 0 Å². The normalized spacial score (nSPS) is 14.7. The van der Waals surface area contributed by atoms with Gasteiger partial charge in [-0.1, -0.05) is 19.9 Å². The number of aliphatic imine (C=N–C) groups is 1. The second-order valence-electron chi connectivity index (χ2n) is 6.62. The number of imidazole rings is 1. The van der Waals surface area contributed by atoms with Crippen LogP contribution in [0, 0.1) is 5.92 Å². The predicted octanol–water partition coefficient (Wildman–Crippen LogP) is 1.07. The minimum atomic E-state index is -0.107. The van der Waals surface area contributed by atoms with Gasteiger partial charge < -0.3 is 15.5 Å². The Bertz CT molecular complexity index is 914. The lowest BCUT2D eigenvalue weighted by Crippen LogP contribution is -2.27. The molecule has 0 unspecified atom stereocenters. The van der Waals surface area contributed by atoms with Crippen molar-refractivity contribution in [3.8, 4) is 5.88 Å². The number of hydrogen-bond donors (Lipinski definition) is 3. The number of hydrogen-bond acceptors (Lipinski definition) is 6. The molecular formula is C18H23N5O2. The predicted molar refractivity (Wildman–Crippen MR) is 97.8 cm³/mol. The zero-order valence-corrected chi connectivity index (χ0v) is 14.6. The minimum Gasteiger partial charge on any atom is -0.493 e. The molecule has 2 aromatic rings. The van der Waals surface area contributed by atoms with Crippen LogP contribution in [-0.2, 0) is 7.05 Å². The van der Waals surface area contributed by atoms with Gasteiger partial charge in [0.1, 0.15) is 12.0 Å². The number of fused-ring (bicyclic) bond motifs is 1. The summed E-state index contributed by atoms with van der Waals surface area (Å²) in [7, 11) is 1.73. The Balaban J connectivity index is 1.90. The third kappa shape index (κ3) is 3.71. The summed E-state index contributed by atoms with van der Waals surface area (Å²) in [5.41, 5.74) is 1.27. The standard InChI is InChI=1S/C18H23N5O2/c1-11(2)6-13(9-24)21-18-22-16(17(25)23(18)3)8-12-4-5-14-15(7-12)20-10-19-14/h4-5,7-8,10-11,13,24-25H,6,9H2,1-3H3,(H,21,22)/t13-/m1/s1. The average molecular weight is 341 g/mol. The molecule has 1 atom stereocenters. The molecule has 0 bridgehead atoms. The van der Waals surface area contributed by atoms with Gasteiger partial charge in [0.15, 0.2) is 0 Å². The molecule has 0 aliphatic carbocycles. The largest absolute Gasteiger partial charge is 0.493 e. The van der Waals surface area contributed by atoms with E-state index in [9.17, 15) is 10.2 Å². The Kier molecular flexibility index (Phi) is 4.85. The molecule has 2 heterocycles. The maximum atomic E-state index is 10.4. The summed E-state index contributed by atoms with van der Waals surface area (Å²) in [5, 5.41) is 24.8. The zero-order valence-electron chi connectivity index (χ0n) is 14.6. The molecule has 7 heteroatoms. The Morgan fingerprint density at radius 1 is 1.32 bits per heavy atom. The van der Waals surface area contributed by atoms with Crippen LogP contribution in [0.2, 0.25) is 0 Å². The molecule has 3 N–H and O–H groups in total. The molecule has 1 aliphatic rings. The van der Waals surface area contributed by atoms with E-state index in [1.807, 2.05) is 18.2 Å². The highest BCUT2D eigenvalue weighted by molar-refractivity contribution is 5.67. The first-order chi connectivity index (χ1) is 12.0. The molecule has 132 valence electrons. The fraction of sp³-hybridized carbons (Fsp3) is 0.389. The van der Waals surface area contributed by atoms with Crippen molar-refractivity contribution in [3.63, 3.8) is 0 Å². The number of anilines is 1. The Hall–Kier alpha value is -2.67. The molecule has 25 heavy (non-hydrogen) atoms. The van der Waals surface area contributed by atoms with E-state index in [1.165, 1.54) is 6.34 Å². The molecule has 7 nitrogen and oxygen atoms in total. The zero-order chi connectivity index (χ0) is 18.0. The summed E-state index contributed by atoms with van der Waals surface area (Å²) in [6, 6.07) is 5.59. The highest BCUT2D eigenvalue weighted by Crippen LogP contribution is 2.23. The Morgan fingerprint density at radius 2 is 2.12 bits per heavy atom. The van der Waals surface area contributed by atoms with Crippen LogP contribution in [0.3, 0.4) is 0 Å². The van der Waals surface area contributed by atoms with Gasteiger partial charge in [-0.15, -0.1) is 0 Å². The quantitative estimate of drug-likeness (QED) is 0.732. The van der Waals surface area contributed by atoms with Crippen molar-refractivity contribution in [2.45, 2.75) is 26.3 Å². The van der Waals surface area contributed by atoms with Crippen LogP contribution < -0.4 is 15.9 Å². The number of aliphatic hydroxyl groups is 1. The van der Waals surface area contributed by atoms with Gasteiger partial charge in [0.25, 0.3) is 0 Å². The molecule has 0 saturated heterocycles. The highest BCUT2D eigenvalue weighted by Gasteiger charge is 2.16. The number of nitrogens with one attached hydrogen (secondary N) is 1. The smallest absolute Gasteiger partial charge is 0.220 e. The van der Waals surface area contributed by atoms with Crippen molar-refractivity contribution in [2.75, 3.05) is 11.9 Å². The van der Waals surface area contributed by atoms with E-state index in [0.717, 1.165) is 22.7 Å². The van der Waals surface area contributed by atoms with E-state index in [2.05, 4.69) is 34.1 Å². The van der Waals surface area contributed by atoms with Gasteiger partial charge in [0, 0.05) is 7.05 Å². The van der Waals surface area contributed by atoms with Crippen molar-refractivity contribution in [1.82, 2.24) is 9.55 Å². The molecule has 1 aliphatic heterocycles. The molecule has 0 fully saturated rings. The van der Waals surface area contributed by atoms with Crippen LogP contribution in [0.4, 0.5) is 11.6 Å². The van der Waals surface area contributed by atoms with E-state index in [0.29, 0.717) is 17.6 Å². The van der Waals surface area contributed by atoms with Crippen LogP contribution in [0.25, 0.3) is 6.08 Å². The van der Waals surface area contributed by atoms with E-state index < -0.39 is 0 Å². The molecule has 1 aromatic carbocycles. The number of rotatable bonds is 6. The third-order valence-corrected chi connectivity index (χ3v) is 4.10. The molecular weight excluding hydrogens is 318 g/mol. The van der Waals surface area contributed by atoms with Crippen LogP contribution in [-0.4, -0.2) is 38.8 Å². The van der Waals surface area contributed by atoms with Gasteiger partial charge in [-0.05, 0) is 35.8 Å². The Labute approximate surface area is 146 Å². The third-order valence-electron chi connectivity index (χ3n) is 4.10. The van der Waals surface area contributed by atoms with Gasteiger partial charge in [0.05, 0.1) is 23.7 Å². The summed E-state index contributed by atoms with van der Waals surface area (Å²) in [6.07, 6.45) is 4.14. The SMILES string of the molecule is CC(C)C[C@H](CO)Nc1nc(C=c2ccc3c(c2)N=CN=3)c(O)n1C. The first kappa shape index (κ1) is 17.2. The van der Waals surface area contributed by atoms with Gasteiger partial charge >= 0.3 is 0 Å². The van der Waals surface area contributed by atoms with Crippen molar-refractivity contribution in [2.24, 2.45) is 23.0 Å². The highest BCUT2D eigenvalue weighted by atomic mass is 16.3. The van der Waals surface area contributed by atoms with Gasteiger partial charge in [-0.3, -0.25) is 4.57 Å². The summed E-state index contributed by atoms with van der Waals surface area (Å²) in [6.45, 7) is 4.21. The molecule has 1 aromatic heterocycles. The topological polar surface area (TPSA) is 95.0 Å². The molecule has 0 saturated carbocycles. The molecule has 0 spiro atoms. The van der Waals surface area contributed by atoms with Crippen molar-refractivity contribution >= 4 is 24.1 Å². The Morgan fingerprint density at radius 3 is 2.84 bits per heavy atom. The van der Waals surface area contributed by atoms with Crippen LogP contribution in [0.15, 0.2) is 28.2 Å². The summed E-state index contributed by atoms with van der Waals surface area (Å²) >= 11 is 0. The van der Waals surface area contributed by atoms with Crippen LogP contribution in [0.1, 0.15) is 26.0 Å². The lowest BCUT2D eigenvalue weighted by atomic mass is 10.0. The first-order valence-electron chi connectivity index (χ1n) is 8.33. The van der Waals surface area contributed by atoms with Crippen molar-refractivity contribution in [1.29, 1.82) is 0 Å². The monoisotopic (exact) mass is 341 g/mol. The van der Waals surface area contributed by atoms with Crippen molar-refractivity contribution in [3.05, 3.63) is 34.5 Å². The van der Waals surface area contributed by atoms with E-state index in [1.54, 1.807) is 17.7 Å². The lowest BCUT2D eigenvalue weighted by molar-refractivity contribution is 0.258. The maximum absolute atomic E-state index is 10.4. The van der Waals surface area contributed by atoms with E-state index in [-0.39, 0.29) is 18.5 Å². The number of nitrogens with zero attached hydrogens (tertiary/aromatic N) is 4. The summed E-state index contributed by atoms with van der Waals surface area (Å²) in [4.78, 5) is 12.8. The number of aliphatic hydroxyl groups excluding tert-OH is 1. The summed E-state index contributed by atoms with van der Waals surface area (Å²) < 4.78 is 1.58. The van der Waals surface area contributed by atoms with Gasteiger partial charge in [-0.2, -0.15) is 0 Å². The number of benzene rings is 1. The second kappa shape index (κ2) is 7.06. The van der Waals surface area contributed by atoms with Gasteiger partial charge in [-0.25, -0.2) is 15.0 Å². The lowest BCUT2D eigenvalue weighted by Gasteiger charge is -2.18.